The summed E-state index contributed by atoms with van der Waals surface area (Å²) in [6, 6.07) is 7.22. The van der Waals surface area contributed by atoms with Gasteiger partial charge >= 0.3 is 0 Å². The van der Waals surface area contributed by atoms with Gasteiger partial charge in [0.2, 0.25) is 10.0 Å². The Hall–Kier alpha value is -1.64. The third-order valence-corrected chi connectivity index (χ3v) is 7.33. The Morgan fingerprint density at radius 1 is 1.32 bits per heavy atom. The van der Waals surface area contributed by atoms with Gasteiger partial charge in [-0.1, -0.05) is 18.6 Å². The molecule has 1 N–H and O–H groups in total. The van der Waals surface area contributed by atoms with Crippen LogP contribution in [0.25, 0.3) is 0 Å². The van der Waals surface area contributed by atoms with E-state index in [0.29, 0.717) is 30.4 Å². The van der Waals surface area contributed by atoms with Crippen LogP contribution in [-0.4, -0.2) is 70.5 Å². The molecule has 0 saturated carbocycles. The number of guanidine groups is 1. The van der Waals surface area contributed by atoms with Gasteiger partial charge in [0.05, 0.1) is 11.5 Å². The maximum Gasteiger partial charge on any atom is 0.243 e. The fourth-order valence-corrected chi connectivity index (χ4v) is 5.43. The summed E-state index contributed by atoms with van der Waals surface area (Å²) in [5.41, 5.74) is 0.928. The molecule has 0 amide bonds. The molecule has 8 heteroatoms. The van der Waals surface area contributed by atoms with E-state index in [1.807, 2.05) is 19.2 Å². The highest BCUT2D eigenvalue weighted by Gasteiger charge is 2.26. The molecular formula is C20H32N4O3S. The van der Waals surface area contributed by atoms with Crippen molar-refractivity contribution in [2.24, 2.45) is 10.9 Å². The number of aliphatic imine (C=N–C) groups is 1. The molecular weight excluding hydrogens is 376 g/mol. The Bertz CT molecular complexity index is 769. The highest BCUT2D eigenvalue weighted by molar-refractivity contribution is 7.89. The molecule has 2 fully saturated rings. The second kappa shape index (κ2) is 9.71. The first-order valence-electron chi connectivity index (χ1n) is 10.1. The zero-order chi connectivity index (χ0) is 20.0. The molecule has 1 atom stereocenters. The summed E-state index contributed by atoms with van der Waals surface area (Å²) in [6.07, 6.45) is 4.07. The quantitative estimate of drug-likeness (QED) is 0.575. The minimum atomic E-state index is -3.41. The second-order valence-electron chi connectivity index (χ2n) is 7.62. The van der Waals surface area contributed by atoms with Crippen molar-refractivity contribution in [1.29, 1.82) is 0 Å². The van der Waals surface area contributed by atoms with E-state index in [9.17, 15) is 8.42 Å². The zero-order valence-electron chi connectivity index (χ0n) is 16.9. The van der Waals surface area contributed by atoms with E-state index in [0.717, 1.165) is 57.0 Å². The van der Waals surface area contributed by atoms with Crippen LogP contribution in [0.4, 0.5) is 0 Å². The standard InChI is InChI=1S/C20H32N4O3S/c1-21-20(23(2)15-18-9-12-27-16-18)22-14-17-7-6-8-19(13-17)28(25,26)24-10-4-3-5-11-24/h6-8,13,18H,3-5,9-12,14-16H2,1-2H3,(H,21,22). The van der Waals surface area contributed by atoms with Crippen molar-refractivity contribution < 1.29 is 13.2 Å². The largest absolute Gasteiger partial charge is 0.381 e. The van der Waals surface area contributed by atoms with Crippen LogP contribution in [0.2, 0.25) is 0 Å². The number of nitrogens with zero attached hydrogens (tertiary/aromatic N) is 3. The number of sulfonamides is 1. The zero-order valence-corrected chi connectivity index (χ0v) is 17.7. The van der Waals surface area contributed by atoms with Crippen LogP contribution in [0.1, 0.15) is 31.2 Å². The Labute approximate surface area is 168 Å². The van der Waals surface area contributed by atoms with Crippen molar-refractivity contribution in [1.82, 2.24) is 14.5 Å². The molecule has 3 rings (SSSR count). The molecule has 0 spiro atoms. The molecule has 2 heterocycles. The average Bonchev–Trinajstić information content (AvgIpc) is 3.22. The first-order chi connectivity index (χ1) is 13.5. The maximum atomic E-state index is 12.9. The lowest BCUT2D eigenvalue weighted by atomic mass is 10.1. The SMILES string of the molecule is CN=C(NCc1cccc(S(=O)(=O)N2CCCCC2)c1)N(C)CC1CCOC1. The van der Waals surface area contributed by atoms with Gasteiger partial charge in [-0.05, 0) is 37.0 Å². The predicted molar refractivity (Wildman–Crippen MR) is 111 cm³/mol. The minimum absolute atomic E-state index is 0.375. The van der Waals surface area contributed by atoms with Crippen LogP contribution < -0.4 is 5.32 Å². The molecule has 1 aromatic carbocycles. The fraction of sp³-hybridized carbons (Fsp3) is 0.650. The van der Waals surface area contributed by atoms with Crippen LogP contribution in [-0.2, 0) is 21.3 Å². The number of hydrogen-bond acceptors (Lipinski definition) is 4. The second-order valence-corrected chi connectivity index (χ2v) is 9.56. The number of benzene rings is 1. The van der Waals surface area contributed by atoms with Crippen molar-refractivity contribution >= 4 is 16.0 Å². The molecule has 0 bridgehead atoms. The fourth-order valence-electron chi connectivity index (χ4n) is 3.84. The van der Waals surface area contributed by atoms with Crippen LogP contribution >= 0.6 is 0 Å². The van der Waals surface area contributed by atoms with Gasteiger partial charge < -0.3 is 15.0 Å². The van der Waals surface area contributed by atoms with E-state index in [1.54, 1.807) is 23.5 Å². The Kier molecular flexibility index (Phi) is 7.31. The number of ether oxygens (including phenoxy) is 1. The Balaban J connectivity index is 1.62. The summed E-state index contributed by atoms with van der Waals surface area (Å²) >= 11 is 0. The summed E-state index contributed by atoms with van der Waals surface area (Å²) in [5, 5.41) is 3.34. The normalized spacial score (nSPS) is 21.6. The number of nitrogens with one attached hydrogen (secondary N) is 1. The lowest BCUT2D eigenvalue weighted by Gasteiger charge is -2.26. The third-order valence-electron chi connectivity index (χ3n) is 5.43. The average molecular weight is 409 g/mol. The van der Waals surface area contributed by atoms with E-state index in [2.05, 4.69) is 15.2 Å². The monoisotopic (exact) mass is 408 g/mol. The Morgan fingerprint density at radius 2 is 2.11 bits per heavy atom. The van der Waals surface area contributed by atoms with Crippen molar-refractivity contribution in [2.45, 2.75) is 37.1 Å². The van der Waals surface area contributed by atoms with Crippen molar-refractivity contribution in [3.05, 3.63) is 29.8 Å². The summed E-state index contributed by atoms with van der Waals surface area (Å²) in [7, 11) is 0.374. The summed E-state index contributed by atoms with van der Waals surface area (Å²) in [6.45, 7) is 4.30. The van der Waals surface area contributed by atoms with Gasteiger partial charge in [-0.3, -0.25) is 4.99 Å². The van der Waals surface area contributed by atoms with E-state index >= 15 is 0 Å². The number of hydrogen-bond donors (Lipinski definition) is 1. The molecule has 156 valence electrons. The first kappa shape index (κ1) is 21.1. The molecule has 2 saturated heterocycles. The first-order valence-corrected chi connectivity index (χ1v) is 11.5. The van der Waals surface area contributed by atoms with E-state index in [1.165, 1.54) is 0 Å². The molecule has 2 aliphatic heterocycles. The molecule has 7 nitrogen and oxygen atoms in total. The molecule has 0 radical (unpaired) electrons. The lowest BCUT2D eigenvalue weighted by molar-refractivity contribution is 0.181. The maximum absolute atomic E-state index is 12.9. The van der Waals surface area contributed by atoms with Crippen molar-refractivity contribution in [3.63, 3.8) is 0 Å². The van der Waals surface area contributed by atoms with Gasteiger partial charge in [0.25, 0.3) is 0 Å². The summed E-state index contributed by atoms with van der Waals surface area (Å²) < 4.78 is 32.9. The highest BCUT2D eigenvalue weighted by Crippen LogP contribution is 2.21. The van der Waals surface area contributed by atoms with Crippen LogP contribution in [0.3, 0.4) is 0 Å². The van der Waals surface area contributed by atoms with Gasteiger partial charge in [0.15, 0.2) is 5.96 Å². The summed E-state index contributed by atoms with van der Waals surface area (Å²) in [4.78, 5) is 6.83. The van der Waals surface area contributed by atoms with Gasteiger partial charge in [-0.25, -0.2) is 8.42 Å². The topological polar surface area (TPSA) is 74.2 Å². The van der Waals surface area contributed by atoms with Crippen molar-refractivity contribution in [2.75, 3.05) is 46.9 Å². The molecule has 0 aromatic heterocycles. The number of rotatable bonds is 6. The van der Waals surface area contributed by atoms with Gasteiger partial charge in [0.1, 0.15) is 0 Å². The minimum Gasteiger partial charge on any atom is -0.381 e. The molecule has 1 aromatic rings. The molecule has 0 aliphatic carbocycles. The van der Waals surface area contributed by atoms with Gasteiger partial charge in [-0.2, -0.15) is 4.31 Å². The third kappa shape index (κ3) is 5.24. The van der Waals surface area contributed by atoms with Gasteiger partial charge in [-0.15, -0.1) is 0 Å². The smallest absolute Gasteiger partial charge is 0.243 e. The van der Waals surface area contributed by atoms with Crippen LogP contribution in [0, 0.1) is 5.92 Å². The highest BCUT2D eigenvalue weighted by atomic mass is 32.2. The van der Waals surface area contributed by atoms with Crippen molar-refractivity contribution in [3.8, 4) is 0 Å². The predicted octanol–water partition coefficient (Wildman–Crippen LogP) is 1.90. The van der Waals surface area contributed by atoms with Crippen LogP contribution in [0.15, 0.2) is 34.2 Å². The van der Waals surface area contributed by atoms with E-state index < -0.39 is 10.0 Å². The summed E-state index contributed by atoms with van der Waals surface area (Å²) in [5.74, 6) is 1.33. The van der Waals surface area contributed by atoms with Gasteiger partial charge in [0, 0.05) is 52.8 Å². The lowest BCUT2D eigenvalue weighted by Crippen LogP contribution is -2.41. The number of piperidine rings is 1. The van der Waals surface area contributed by atoms with Crippen LogP contribution in [0.5, 0.6) is 0 Å². The molecule has 1 unspecified atom stereocenters. The molecule has 2 aliphatic rings. The Morgan fingerprint density at radius 3 is 2.79 bits per heavy atom. The van der Waals surface area contributed by atoms with E-state index in [4.69, 9.17) is 4.74 Å². The van der Waals surface area contributed by atoms with E-state index in [-0.39, 0.29) is 0 Å². The molecule has 28 heavy (non-hydrogen) atoms.